The maximum atomic E-state index is 11.0. The molecule has 0 spiro atoms. The Morgan fingerprint density at radius 2 is 1.90 bits per heavy atom. The molecule has 1 amide bonds. The second-order valence-corrected chi connectivity index (χ2v) is 2.07. The Balaban J connectivity index is 3.65. The van der Waals surface area contributed by atoms with Gasteiger partial charge in [-0.1, -0.05) is 0 Å². The minimum atomic E-state index is 0.0972. The van der Waals surface area contributed by atoms with E-state index in [4.69, 9.17) is 5.73 Å². The molecule has 3 heteroatoms. The first kappa shape index (κ1) is 9.43. The van der Waals surface area contributed by atoms with Gasteiger partial charge in [-0.2, -0.15) is 0 Å². The smallest absolute Gasteiger partial charge is 0.223 e. The van der Waals surface area contributed by atoms with E-state index in [1.54, 1.807) is 4.90 Å². The summed E-state index contributed by atoms with van der Waals surface area (Å²) in [6.07, 6.45) is 0.363. The molecule has 0 aliphatic carbocycles. The van der Waals surface area contributed by atoms with Crippen molar-refractivity contribution in [2.75, 3.05) is 19.6 Å². The Kier molecular flexibility index (Phi) is 4.94. The minimum Gasteiger partial charge on any atom is -0.343 e. The van der Waals surface area contributed by atoms with Gasteiger partial charge < -0.3 is 4.90 Å². The van der Waals surface area contributed by atoms with Crippen molar-refractivity contribution < 1.29 is 4.79 Å². The van der Waals surface area contributed by atoms with Gasteiger partial charge in [0, 0.05) is 26.1 Å². The molecular formula is C7H15N2O. The predicted octanol–water partition coefficient (Wildman–Crippen LogP) is 0.528. The number of amides is 1. The monoisotopic (exact) mass is 143 g/mol. The van der Waals surface area contributed by atoms with Crippen molar-refractivity contribution in [1.82, 2.24) is 10.6 Å². The predicted molar refractivity (Wildman–Crippen MR) is 40.5 cm³/mol. The molecule has 0 saturated heterocycles. The van der Waals surface area contributed by atoms with Crippen LogP contribution in [0.15, 0.2) is 0 Å². The average Bonchev–Trinajstić information content (AvgIpc) is 1.91. The number of carbonyl (C=O) groups is 1. The van der Waals surface area contributed by atoms with Crippen LogP contribution in [-0.4, -0.2) is 30.4 Å². The first-order chi connectivity index (χ1) is 4.76. The molecule has 0 fully saturated rings. The summed E-state index contributed by atoms with van der Waals surface area (Å²) in [6.45, 7) is 5.62. The summed E-state index contributed by atoms with van der Waals surface area (Å²) >= 11 is 0. The number of nitrogens with zero attached hydrogens (tertiary/aromatic N) is 1. The van der Waals surface area contributed by atoms with E-state index in [1.807, 2.05) is 13.8 Å². The molecule has 0 aromatic rings. The van der Waals surface area contributed by atoms with E-state index in [-0.39, 0.29) is 12.5 Å². The van der Waals surface area contributed by atoms with Crippen molar-refractivity contribution in [2.24, 2.45) is 0 Å². The van der Waals surface area contributed by atoms with Crippen LogP contribution < -0.4 is 5.73 Å². The molecule has 0 rings (SSSR count). The summed E-state index contributed by atoms with van der Waals surface area (Å²) in [5, 5.41) is 0. The van der Waals surface area contributed by atoms with Crippen LogP contribution in [0, 0.1) is 0 Å². The minimum absolute atomic E-state index is 0.0972. The Morgan fingerprint density at radius 3 is 2.20 bits per heavy atom. The quantitative estimate of drug-likeness (QED) is 0.566. The van der Waals surface area contributed by atoms with Crippen LogP contribution in [0.25, 0.3) is 0 Å². The molecule has 10 heavy (non-hydrogen) atoms. The molecule has 1 N–H and O–H groups in total. The van der Waals surface area contributed by atoms with E-state index in [0.717, 1.165) is 13.1 Å². The fraction of sp³-hybridized carbons (Fsp3) is 0.857. The highest BCUT2D eigenvalue weighted by atomic mass is 16.2. The zero-order chi connectivity index (χ0) is 7.98. The number of rotatable bonds is 4. The summed E-state index contributed by atoms with van der Waals surface area (Å²) < 4.78 is 0. The van der Waals surface area contributed by atoms with E-state index in [9.17, 15) is 4.79 Å². The van der Waals surface area contributed by atoms with Crippen LogP contribution in [0.5, 0.6) is 0 Å². The fourth-order valence-electron chi connectivity index (χ4n) is 0.841. The van der Waals surface area contributed by atoms with E-state index in [1.165, 1.54) is 0 Å². The van der Waals surface area contributed by atoms with Crippen LogP contribution >= 0.6 is 0 Å². The number of carbonyl (C=O) groups excluding carboxylic acids is 1. The van der Waals surface area contributed by atoms with Crippen LogP contribution in [0.2, 0.25) is 0 Å². The third-order valence-electron chi connectivity index (χ3n) is 1.46. The standard InChI is InChI=1S/C7H15N2O/c1-3-9(4-2)7(10)5-6-8/h8H,3-6H2,1-2H3. The number of nitrogens with one attached hydrogen (secondary N) is 1. The highest BCUT2D eigenvalue weighted by molar-refractivity contribution is 5.76. The SMILES string of the molecule is CCN(CC)C(=O)CC[NH]. The molecule has 0 aromatic carbocycles. The van der Waals surface area contributed by atoms with Crippen molar-refractivity contribution in [3.05, 3.63) is 0 Å². The molecule has 0 unspecified atom stereocenters. The highest BCUT2D eigenvalue weighted by Gasteiger charge is 2.06. The van der Waals surface area contributed by atoms with Crippen LogP contribution in [0.4, 0.5) is 0 Å². The molecule has 0 aromatic heterocycles. The molecule has 0 aliphatic rings. The largest absolute Gasteiger partial charge is 0.343 e. The van der Waals surface area contributed by atoms with Gasteiger partial charge in [-0.3, -0.25) is 10.5 Å². The van der Waals surface area contributed by atoms with Gasteiger partial charge >= 0.3 is 0 Å². The van der Waals surface area contributed by atoms with Crippen molar-refractivity contribution >= 4 is 5.91 Å². The topological polar surface area (TPSA) is 44.1 Å². The molecule has 0 saturated carbocycles. The van der Waals surface area contributed by atoms with Crippen molar-refractivity contribution in [1.29, 1.82) is 0 Å². The van der Waals surface area contributed by atoms with E-state index < -0.39 is 0 Å². The lowest BCUT2D eigenvalue weighted by atomic mass is 10.3. The van der Waals surface area contributed by atoms with Crippen LogP contribution in [-0.2, 0) is 4.79 Å². The maximum absolute atomic E-state index is 11.0. The number of hydrogen-bond acceptors (Lipinski definition) is 1. The lowest BCUT2D eigenvalue weighted by Gasteiger charge is -2.17. The Bertz CT molecular complexity index is 99.8. The van der Waals surface area contributed by atoms with Gasteiger partial charge in [0.1, 0.15) is 0 Å². The summed E-state index contributed by atoms with van der Waals surface area (Å²) in [7, 11) is 0. The van der Waals surface area contributed by atoms with Gasteiger partial charge in [0.05, 0.1) is 0 Å². The van der Waals surface area contributed by atoms with Crippen LogP contribution in [0.1, 0.15) is 20.3 Å². The summed E-state index contributed by atoms with van der Waals surface area (Å²) in [6, 6.07) is 0. The summed E-state index contributed by atoms with van der Waals surface area (Å²) in [5.74, 6) is 0.0972. The lowest BCUT2D eigenvalue weighted by Crippen LogP contribution is -2.30. The third-order valence-corrected chi connectivity index (χ3v) is 1.46. The first-order valence-electron chi connectivity index (χ1n) is 3.68. The van der Waals surface area contributed by atoms with E-state index >= 15 is 0 Å². The molecule has 1 radical (unpaired) electrons. The van der Waals surface area contributed by atoms with Gasteiger partial charge in [0.25, 0.3) is 0 Å². The lowest BCUT2D eigenvalue weighted by molar-refractivity contribution is -0.130. The van der Waals surface area contributed by atoms with Gasteiger partial charge in [-0.25, -0.2) is 0 Å². The second-order valence-electron chi connectivity index (χ2n) is 2.07. The van der Waals surface area contributed by atoms with Crippen molar-refractivity contribution in [3.63, 3.8) is 0 Å². The van der Waals surface area contributed by atoms with Crippen LogP contribution in [0.3, 0.4) is 0 Å². The molecule has 0 bridgehead atoms. The Labute approximate surface area is 62.2 Å². The highest BCUT2D eigenvalue weighted by Crippen LogP contribution is 1.91. The first-order valence-corrected chi connectivity index (χ1v) is 3.68. The Hall–Kier alpha value is -0.570. The van der Waals surface area contributed by atoms with Gasteiger partial charge in [-0.15, -0.1) is 0 Å². The summed E-state index contributed by atoms with van der Waals surface area (Å²) in [5.41, 5.74) is 6.83. The van der Waals surface area contributed by atoms with Crippen molar-refractivity contribution in [3.8, 4) is 0 Å². The number of hydrogen-bond donors (Lipinski definition) is 0. The molecule has 0 heterocycles. The fourth-order valence-corrected chi connectivity index (χ4v) is 0.841. The summed E-state index contributed by atoms with van der Waals surface area (Å²) in [4.78, 5) is 12.8. The maximum Gasteiger partial charge on any atom is 0.223 e. The third kappa shape index (κ3) is 2.82. The average molecular weight is 143 g/mol. The van der Waals surface area contributed by atoms with Gasteiger partial charge in [-0.05, 0) is 13.8 Å². The second kappa shape index (κ2) is 5.23. The zero-order valence-corrected chi connectivity index (χ0v) is 6.68. The molecule has 0 atom stereocenters. The van der Waals surface area contributed by atoms with Gasteiger partial charge in [0.2, 0.25) is 5.91 Å². The zero-order valence-electron chi connectivity index (χ0n) is 6.68. The molecule has 3 nitrogen and oxygen atoms in total. The molecular weight excluding hydrogens is 128 g/mol. The normalized spacial score (nSPS) is 9.50. The Morgan fingerprint density at radius 1 is 1.40 bits per heavy atom. The molecule has 59 valence electrons. The van der Waals surface area contributed by atoms with E-state index in [0.29, 0.717) is 6.42 Å². The van der Waals surface area contributed by atoms with Gasteiger partial charge in [0.15, 0.2) is 0 Å². The molecule has 0 aliphatic heterocycles. The van der Waals surface area contributed by atoms with Crippen molar-refractivity contribution in [2.45, 2.75) is 20.3 Å². The van der Waals surface area contributed by atoms with E-state index in [2.05, 4.69) is 0 Å².